The zero-order valence-electron chi connectivity index (χ0n) is 21.2. The standard InChI is InChI=1S/C28H54O3/c1-3-5-7-9-10-11-12-13-14-15-16-17-18-19-21-23-25-31-28(30)26-27(29)24-22-20-8-6-4-2/h3-26H2,1-2H3. The van der Waals surface area contributed by atoms with E-state index >= 15 is 0 Å². The third-order valence-corrected chi connectivity index (χ3v) is 6.16. The van der Waals surface area contributed by atoms with Crippen LogP contribution in [-0.2, 0) is 14.3 Å². The number of ether oxygens (including phenoxy) is 1. The Kier molecular flexibility index (Phi) is 24.7. The summed E-state index contributed by atoms with van der Waals surface area (Å²) >= 11 is 0. The van der Waals surface area contributed by atoms with E-state index in [1.807, 2.05) is 0 Å². The fraction of sp³-hybridized carbons (Fsp3) is 0.929. The van der Waals surface area contributed by atoms with Crippen LogP contribution in [0.3, 0.4) is 0 Å². The van der Waals surface area contributed by atoms with Crippen molar-refractivity contribution in [1.82, 2.24) is 0 Å². The summed E-state index contributed by atoms with van der Waals surface area (Å²) in [4.78, 5) is 23.5. The maximum absolute atomic E-state index is 11.8. The highest BCUT2D eigenvalue weighted by atomic mass is 16.5. The quantitative estimate of drug-likeness (QED) is 0.0810. The van der Waals surface area contributed by atoms with Crippen molar-refractivity contribution < 1.29 is 14.3 Å². The second-order valence-corrected chi connectivity index (χ2v) is 9.40. The van der Waals surface area contributed by atoms with E-state index in [1.165, 1.54) is 109 Å². The van der Waals surface area contributed by atoms with Gasteiger partial charge in [-0.05, 0) is 12.8 Å². The van der Waals surface area contributed by atoms with E-state index in [4.69, 9.17) is 4.74 Å². The van der Waals surface area contributed by atoms with Gasteiger partial charge in [0, 0.05) is 6.42 Å². The molecule has 0 aliphatic heterocycles. The Balaban J connectivity index is 3.23. The SMILES string of the molecule is CCCCCCCCCCCCCCCCCCOC(=O)CC(=O)CCCCCCC. The number of ketones is 1. The summed E-state index contributed by atoms with van der Waals surface area (Å²) in [5, 5.41) is 0. The first-order chi connectivity index (χ1) is 15.2. The molecule has 3 nitrogen and oxygen atoms in total. The Hall–Kier alpha value is -0.860. The molecule has 184 valence electrons. The van der Waals surface area contributed by atoms with Crippen molar-refractivity contribution in [2.24, 2.45) is 0 Å². The molecule has 0 fully saturated rings. The number of rotatable bonds is 25. The minimum Gasteiger partial charge on any atom is -0.465 e. The maximum Gasteiger partial charge on any atom is 0.313 e. The van der Waals surface area contributed by atoms with E-state index < -0.39 is 0 Å². The van der Waals surface area contributed by atoms with Crippen LogP contribution in [0.5, 0.6) is 0 Å². The van der Waals surface area contributed by atoms with Crippen LogP contribution in [0.15, 0.2) is 0 Å². The lowest BCUT2D eigenvalue weighted by atomic mass is 10.0. The predicted molar refractivity (Wildman–Crippen MR) is 134 cm³/mol. The third-order valence-electron chi connectivity index (χ3n) is 6.16. The van der Waals surface area contributed by atoms with Crippen LogP contribution in [0, 0.1) is 0 Å². The van der Waals surface area contributed by atoms with Crippen LogP contribution >= 0.6 is 0 Å². The Morgan fingerprint density at radius 1 is 0.484 bits per heavy atom. The highest BCUT2D eigenvalue weighted by Crippen LogP contribution is 2.14. The van der Waals surface area contributed by atoms with Crippen LogP contribution in [0.2, 0.25) is 0 Å². The molecule has 0 saturated heterocycles. The molecular weight excluding hydrogens is 384 g/mol. The average molecular weight is 439 g/mol. The first-order valence-electron chi connectivity index (χ1n) is 13.9. The summed E-state index contributed by atoms with van der Waals surface area (Å²) in [6.07, 6.45) is 27.5. The highest BCUT2D eigenvalue weighted by molar-refractivity contribution is 5.95. The topological polar surface area (TPSA) is 43.4 Å². The van der Waals surface area contributed by atoms with Crippen LogP contribution in [-0.4, -0.2) is 18.4 Å². The maximum atomic E-state index is 11.8. The smallest absolute Gasteiger partial charge is 0.313 e. The van der Waals surface area contributed by atoms with E-state index in [2.05, 4.69) is 13.8 Å². The Labute approximate surface area is 194 Å². The summed E-state index contributed by atoms with van der Waals surface area (Å²) in [5.74, 6) is -0.298. The third kappa shape index (κ3) is 25.3. The molecule has 3 heteroatoms. The van der Waals surface area contributed by atoms with Gasteiger partial charge in [-0.1, -0.05) is 136 Å². The molecule has 0 atom stereocenters. The van der Waals surface area contributed by atoms with Gasteiger partial charge in [-0.3, -0.25) is 9.59 Å². The number of hydrogen-bond acceptors (Lipinski definition) is 3. The lowest BCUT2D eigenvalue weighted by molar-refractivity contribution is -0.146. The monoisotopic (exact) mass is 438 g/mol. The molecule has 0 aromatic heterocycles. The van der Waals surface area contributed by atoms with Crippen molar-refractivity contribution >= 4 is 11.8 Å². The van der Waals surface area contributed by atoms with Crippen molar-refractivity contribution in [3.8, 4) is 0 Å². The molecule has 0 heterocycles. The fourth-order valence-corrected chi connectivity index (χ4v) is 4.06. The van der Waals surface area contributed by atoms with Gasteiger partial charge in [-0.25, -0.2) is 0 Å². The number of carbonyl (C=O) groups excluding carboxylic acids is 2. The second-order valence-electron chi connectivity index (χ2n) is 9.40. The molecule has 0 aliphatic carbocycles. The molecule has 0 N–H and O–H groups in total. The molecule has 0 aromatic rings. The van der Waals surface area contributed by atoms with Gasteiger partial charge in [-0.15, -0.1) is 0 Å². The number of esters is 1. The number of Topliss-reactive ketones (excluding diaryl/α,β-unsaturated/α-hetero) is 1. The average Bonchev–Trinajstić information content (AvgIpc) is 2.75. The van der Waals surface area contributed by atoms with Gasteiger partial charge in [0.1, 0.15) is 12.2 Å². The van der Waals surface area contributed by atoms with E-state index in [-0.39, 0.29) is 18.2 Å². The molecule has 0 spiro atoms. The zero-order chi connectivity index (χ0) is 22.8. The largest absolute Gasteiger partial charge is 0.465 e. The van der Waals surface area contributed by atoms with Crippen molar-refractivity contribution in [2.45, 2.75) is 162 Å². The molecule has 0 bridgehead atoms. The lowest BCUT2D eigenvalue weighted by Crippen LogP contribution is -2.12. The molecule has 0 unspecified atom stereocenters. The Morgan fingerprint density at radius 3 is 1.26 bits per heavy atom. The summed E-state index contributed by atoms with van der Waals surface area (Å²) in [7, 11) is 0. The van der Waals surface area contributed by atoms with Gasteiger partial charge < -0.3 is 4.74 Å². The van der Waals surface area contributed by atoms with E-state index in [0.717, 1.165) is 25.7 Å². The highest BCUT2D eigenvalue weighted by Gasteiger charge is 2.10. The van der Waals surface area contributed by atoms with E-state index in [9.17, 15) is 9.59 Å². The van der Waals surface area contributed by atoms with Crippen molar-refractivity contribution in [1.29, 1.82) is 0 Å². The molecule has 31 heavy (non-hydrogen) atoms. The van der Waals surface area contributed by atoms with Crippen molar-refractivity contribution in [2.75, 3.05) is 6.61 Å². The Bertz CT molecular complexity index is 392. The summed E-state index contributed by atoms with van der Waals surface area (Å²) < 4.78 is 5.22. The van der Waals surface area contributed by atoms with Gasteiger partial charge in [0.2, 0.25) is 0 Å². The van der Waals surface area contributed by atoms with Crippen LogP contribution in [0.25, 0.3) is 0 Å². The van der Waals surface area contributed by atoms with Gasteiger partial charge in [0.15, 0.2) is 0 Å². The van der Waals surface area contributed by atoms with Crippen LogP contribution < -0.4 is 0 Å². The minimum absolute atomic E-state index is 0.0351. The molecule has 0 rings (SSSR count). The van der Waals surface area contributed by atoms with Gasteiger partial charge in [-0.2, -0.15) is 0 Å². The molecule has 0 aromatic carbocycles. The van der Waals surface area contributed by atoms with E-state index in [1.54, 1.807) is 0 Å². The summed E-state index contributed by atoms with van der Waals surface area (Å²) in [5.41, 5.74) is 0. The zero-order valence-corrected chi connectivity index (χ0v) is 21.2. The molecule has 0 amide bonds. The molecule has 0 saturated carbocycles. The van der Waals surface area contributed by atoms with Crippen LogP contribution in [0.1, 0.15) is 162 Å². The number of carbonyl (C=O) groups is 2. The van der Waals surface area contributed by atoms with Gasteiger partial charge in [0.05, 0.1) is 6.61 Å². The van der Waals surface area contributed by atoms with Crippen molar-refractivity contribution in [3.05, 3.63) is 0 Å². The predicted octanol–water partition coefficient (Wildman–Crippen LogP) is 9.11. The van der Waals surface area contributed by atoms with Gasteiger partial charge in [0.25, 0.3) is 0 Å². The number of unbranched alkanes of at least 4 members (excludes halogenated alkanes) is 19. The van der Waals surface area contributed by atoms with E-state index in [0.29, 0.717) is 13.0 Å². The Morgan fingerprint density at radius 2 is 0.839 bits per heavy atom. The minimum atomic E-state index is -0.334. The molecular formula is C28H54O3. The summed E-state index contributed by atoms with van der Waals surface area (Å²) in [6.45, 7) is 4.93. The first-order valence-corrected chi connectivity index (χ1v) is 13.9. The fourth-order valence-electron chi connectivity index (χ4n) is 4.06. The molecule has 0 radical (unpaired) electrons. The lowest BCUT2D eigenvalue weighted by Gasteiger charge is -2.05. The van der Waals surface area contributed by atoms with Crippen LogP contribution in [0.4, 0.5) is 0 Å². The van der Waals surface area contributed by atoms with Gasteiger partial charge >= 0.3 is 5.97 Å². The normalized spacial score (nSPS) is 11.0. The number of hydrogen-bond donors (Lipinski definition) is 0. The summed E-state index contributed by atoms with van der Waals surface area (Å²) in [6, 6.07) is 0. The van der Waals surface area contributed by atoms with Crippen molar-refractivity contribution in [3.63, 3.8) is 0 Å². The first kappa shape index (κ1) is 30.1. The molecule has 0 aliphatic rings. The second kappa shape index (κ2) is 25.4.